The molecule has 1 aromatic carbocycles. The maximum atomic E-state index is 12.0. The molecule has 0 radical (unpaired) electrons. The number of allylic oxidation sites excluding steroid dienone is 1. The Kier molecular flexibility index (Phi) is 2.79. The monoisotopic (exact) mass is 267 g/mol. The average molecular weight is 267 g/mol. The maximum Gasteiger partial charge on any atom is 0.335 e. The average Bonchev–Trinajstić information content (AvgIpc) is 2.92. The van der Waals surface area contributed by atoms with E-state index in [1.54, 1.807) is 42.1 Å². The molecular weight excluding hydrogens is 254 g/mol. The van der Waals surface area contributed by atoms with Crippen LogP contribution in [-0.4, -0.2) is 15.6 Å². The summed E-state index contributed by atoms with van der Waals surface area (Å²) < 4.78 is 1.58. The van der Waals surface area contributed by atoms with E-state index in [2.05, 4.69) is 0 Å². The number of hydrogen-bond donors (Lipinski definition) is 1. The lowest BCUT2D eigenvalue weighted by atomic mass is 9.98. The Bertz CT molecular complexity index is 783. The maximum absolute atomic E-state index is 12.0. The standard InChI is InChI=1S/C16H13NO3/c1-17-9-14(12-3-2-4-13(12)15(17)18)10-5-7-11(8-6-10)16(19)20/h2-3,5-9H,4H2,1H3,(H,19,20). The van der Waals surface area contributed by atoms with Gasteiger partial charge in [-0.3, -0.25) is 4.79 Å². The first-order valence-electron chi connectivity index (χ1n) is 6.30. The zero-order valence-electron chi connectivity index (χ0n) is 11.0. The summed E-state index contributed by atoms with van der Waals surface area (Å²) in [4.78, 5) is 22.9. The molecule has 0 saturated heterocycles. The van der Waals surface area contributed by atoms with Crippen LogP contribution < -0.4 is 5.56 Å². The number of carbonyl (C=O) groups is 1. The van der Waals surface area contributed by atoms with Crippen LogP contribution in [-0.2, 0) is 13.5 Å². The lowest BCUT2D eigenvalue weighted by Crippen LogP contribution is -2.21. The molecule has 0 atom stereocenters. The first-order chi connectivity index (χ1) is 9.58. The van der Waals surface area contributed by atoms with Crippen LogP contribution in [0.3, 0.4) is 0 Å². The smallest absolute Gasteiger partial charge is 0.335 e. The molecule has 1 aliphatic carbocycles. The van der Waals surface area contributed by atoms with Crippen molar-refractivity contribution in [1.82, 2.24) is 4.57 Å². The number of nitrogens with zero attached hydrogens (tertiary/aromatic N) is 1. The van der Waals surface area contributed by atoms with Gasteiger partial charge in [0.25, 0.3) is 5.56 Å². The van der Waals surface area contributed by atoms with Crippen molar-refractivity contribution in [2.45, 2.75) is 6.42 Å². The van der Waals surface area contributed by atoms with Gasteiger partial charge in [0.05, 0.1) is 5.56 Å². The van der Waals surface area contributed by atoms with Gasteiger partial charge in [0.15, 0.2) is 0 Å². The minimum atomic E-state index is -0.942. The van der Waals surface area contributed by atoms with E-state index < -0.39 is 5.97 Å². The largest absolute Gasteiger partial charge is 0.478 e. The number of benzene rings is 1. The number of aromatic nitrogens is 1. The zero-order chi connectivity index (χ0) is 14.3. The van der Waals surface area contributed by atoms with Crippen LogP contribution >= 0.6 is 0 Å². The minimum absolute atomic E-state index is 0.0240. The van der Waals surface area contributed by atoms with E-state index in [1.807, 2.05) is 12.2 Å². The number of carboxylic acids is 1. The third-order valence-electron chi connectivity index (χ3n) is 3.57. The summed E-state index contributed by atoms with van der Waals surface area (Å²) in [6.45, 7) is 0. The second-order valence-electron chi connectivity index (χ2n) is 4.84. The fraction of sp³-hybridized carbons (Fsp3) is 0.125. The van der Waals surface area contributed by atoms with Crippen molar-refractivity contribution in [3.8, 4) is 11.1 Å². The highest BCUT2D eigenvalue weighted by Gasteiger charge is 2.16. The first kappa shape index (κ1) is 12.4. The third-order valence-corrected chi connectivity index (χ3v) is 3.57. The Morgan fingerprint density at radius 1 is 1.25 bits per heavy atom. The summed E-state index contributed by atoms with van der Waals surface area (Å²) in [6, 6.07) is 6.70. The van der Waals surface area contributed by atoms with E-state index in [1.165, 1.54) is 0 Å². The van der Waals surface area contributed by atoms with Gasteiger partial charge in [0, 0.05) is 24.4 Å². The van der Waals surface area contributed by atoms with E-state index in [0.717, 1.165) is 22.3 Å². The predicted molar refractivity (Wildman–Crippen MR) is 76.8 cm³/mol. The third kappa shape index (κ3) is 1.86. The molecule has 20 heavy (non-hydrogen) atoms. The molecule has 0 bridgehead atoms. The van der Waals surface area contributed by atoms with Gasteiger partial charge in [-0.1, -0.05) is 24.3 Å². The topological polar surface area (TPSA) is 59.3 Å². The Morgan fingerprint density at radius 2 is 1.95 bits per heavy atom. The van der Waals surface area contributed by atoms with E-state index in [0.29, 0.717) is 6.42 Å². The van der Waals surface area contributed by atoms with Gasteiger partial charge in [0.2, 0.25) is 0 Å². The second-order valence-corrected chi connectivity index (χ2v) is 4.84. The highest BCUT2D eigenvalue weighted by atomic mass is 16.4. The van der Waals surface area contributed by atoms with Crippen molar-refractivity contribution in [1.29, 1.82) is 0 Å². The Balaban J connectivity index is 2.18. The molecule has 0 saturated carbocycles. The van der Waals surface area contributed by atoms with Crippen molar-refractivity contribution in [3.63, 3.8) is 0 Å². The molecule has 1 aromatic heterocycles. The van der Waals surface area contributed by atoms with Crippen LogP contribution in [0.1, 0.15) is 21.5 Å². The van der Waals surface area contributed by atoms with Gasteiger partial charge >= 0.3 is 5.97 Å². The lowest BCUT2D eigenvalue weighted by Gasteiger charge is -2.11. The number of pyridine rings is 1. The van der Waals surface area contributed by atoms with Crippen LogP contribution in [0, 0.1) is 0 Å². The molecule has 3 rings (SSSR count). The van der Waals surface area contributed by atoms with E-state index >= 15 is 0 Å². The Labute approximate surface area is 115 Å². The Morgan fingerprint density at radius 3 is 2.60 bits per heavy atom. The second kappa shape index (κ2) is 4.49. The van der Waals surface area contributed by atoms with Crippen LogP contribution in [0.5, 0.6) is 0 Å². The molecule has 0 amide bonds. The van der Waals surface area contributed by atoms with Crippen molar-refractivity contribution in [2.75, 3.05) is 0 Å². The van der Waals surface area contributed by atoms with Gasteiger partial charge in [-0.05, 0) is 29.7 Å². The van der Waals surface area contributed by atoms with Crippen LogP contribution in [0.15, 0.2) is 41.3 Å². The zero-order valence-corrected chi connectivity index (χ0v) is 11.0. The van der Waals surface area contributed by atoms with Crippen LogP contribution in [0.2, 0.25) is 0 Å². The van der Waals surface area contributed by atoms with Crippen molar-refractivity contribution >= 4 is 12.0 Å². The summed E-state index contributed by atoms with van der Waals surface area (Å²) in [7, 11) is 1.73. The van der Waals surface area contributed by atoms with Gasteiger partial charge in [-0.2, -0.15) is 0 Å². The van der Waals surface area contributed by atoms with E-state index in [4.69, 9.17) is 5.11 Å². The highest BCUT2D eigenvalue weighted by molar-refractivity contribution is 5.89. The summed E-state index contributed by atoms with van der Waals surface area (Å²) in [5.74, 6) is -0.942. The molecule has 1 heterocycles. The van der Waals surface area contributed by atoms with Crippen molar-refractivity contribution in [3.05, 3.63) is 63.6 Å². The molecule has 1 N–H and O–H groups in total. The number of rotatable bonds is 2. The predicted octanol–water partition coefficient (Wildman–Crippen LogP) is 2.32. The summed E-state index contributed by atoms with van der Waals surface area (Å²) in [5.41, 5.74) is 3.88. The summed E-state index contributed by atoms with van der Waals surface area (Å²) in [5, 5.41) is 8.93. The number of fused-ring (bicyclic) bond motifs is 1. The Hall–Kier alpha value is -2.62. The fourth-order valence-electron chi connectivity index (χ4n) is 2.52. The molecule has 0 fully saturated rings. The van der Waals surface area contributed by atoms with E-state index in [-0.39, 0.29) is 11.1 Å². The van der Waals surface area contributed by atoms with E-state index in [9.17, 15) is 9.59 Å². The van der Waals surface area contributed by atoms with Gasteiger partial charge < -0.3 is 9.67 Å². The fourth-order valence-corrected chi connectivity index (χ4v) is 2.52. The normalized spacial score (nSPS) is 12.4. The van der Waals surface area contributed by atoms with Crippen molar-refractivity contribution < 1.29 is 9.90 Å². The first-order valence-corrected chi connectivity index (χ1v) is 6.30. The molecule has 1 aliphatic rings. The molecule has 100 valence electrons. The number of carboxylic acid groups (broad SMARTS) is 1. The summed E-state index contributed by atoms with van der Waals surface area (Å²) >= 11 is 0. The summed E-state index contributed by atoms with van der Waals surface area (Å²) in [6.07, 6.45) is 6.38. The minimum Gasteiger partial charge on any atom is -0.478 e. The number of aromatic carboxylic acids is 1. The molecule has 0 aliphatic heterocycles. The highest BCUT2D eigenvalue weighted by Crippen LogP contribution is 2.29. The molecule has 0 spiro atoms. The number of aryl methyl sites for hydroxylation is 1. The van der Waals surface area contributed by atoms with Crippen LogP contribution in [0.4, 0.5) is 0 Å². The van der Waals surface area contributed by atoms with Gasteiger partial charge in [-0.25, -0.2) is 4.79 Å². The molecule has 4 heteroatoms. The van der Waals surface area contributed by atoms with Gasteiger partial charge in [-0.15, -0.1) is 0 Å². The van der Waals surface area contributed by atoms with Crippen LogP contribution in [0.25, 0.3) is 17.2 Å². The SMILES string of the molecule is Cn1cc(-c2ccc(C(=O)O)cc2)c2c(c1=O)CC=C2. The molecular formula is C16H13NO3. The molecule has 2 aromatic rings. The molecule has 4 nitrogen and oxygen atoms in total. The van der Waals surface area contributed by atoms with Crippen molar-refractivity contribution in [2.24, 2.45) is 7.05 Å². The lowest BCUT2D eigenvalue weighted by molar-refractivity contribution is 0.0697. The quantitative estimate of drug-likeness (QED) is 0.908. The van der Waals surface area contributed by atoms with Gasteiger partial charge in [0.1, 0.15) is 0 Å². The number of hydrogen-bond acceptors (Lipinski definition) is 2. The molecule has 0 unspecified atom stereocenters.